The first-order valence-electron chi connectivity index (χ1n) is 5.14. The molecule has 0 bridgehead atoms. The van der Waals surface area contributed by atoms with Crippen LogP contribution in [-0.2, 0) is 0 Å². The number of aliphatic imine (C=N–C) groups is 1. The lowest BCUT2D eigenvalue weighted by molar-refractivity contribution is 0.100. The quantitative estimate of drug-likeness (QED) is 0.656. The van der Waals surface area contributed by atoms with E-state index in [4.69, 9.17) is 23.1 Å². The van der Waals surface area contributed by atoms with Crippen LogP contribution in [0.2, 0.25) is 5.02 Å². The van der Waals surface area contributed by atoms with E-state index in [0.29, 0.717) is 10.6 Å². The SMILES string of the molecule is Cl.NC(N)=NC(=O)c1cc(Cl)cc(-n2cccc2)c1. The number of halogens is 2. The molecule has 0 unspecified atom stereocenters. The molecular formula is C12H12Cl2N4O. The Balaban J connectivity index is 0.00000180. The standard InChI is InChI=1S/C12H11ClN4O.ClH/c13-9-5-8(11(18)16-12(14)15)6-10(7-9)17-3-1-2-4-17;/h1-7H,(H4,14,15,16,18);1H. The number of guanidine groups is 1. The van der Waals surface area contributed by atoms with Crippen molar-refractivity contribution < 1.29 is 4.79 Å². The summed E-state index contributed by atoms with van der Waals surface area (Å²) in [5.41, 5.74) is 11.4. The molecule has 0 radical (unpaired) electrons. The van der Waals surface area contributed by atoms with E-state index in [2.05, 4.69) is 4.99 Å². The van der Waals surface area contributed by atoms with Gasteiger partial charge in [0.15, 0.2) is 5.96 Å². The average molecular weight is 299 g/mol. The minimum absolute atomic E-state index is 0. The predicted molar refractivity (Wildman–Crippen MR) is 78.2 cm³/mol. The number of rotatable bonds is 2. The van der Waals surface area contributed by atoms with Gasteiger partial charge in [-0.3, -0.25) is 4.79 Å². The van der Waals surface area contributed by atoms with Crippen LogP contribution >= 0.6 is 24.0 Å². The third-order valence-corrected chi connectivity index (χ3v) is 2.48. The molecule has 100 valence electrons. The molecule has 0 saturated heterocycles. The maximum Gasteiger partial charge on any atom is 0.280 e. The lowest BCUT2D eigenvalue weighted by Gasteiger charge is -2.05. The molecule has 1 aromatic heterocycles. The molecular weight excluding hydrogens is 287 g/mol. The van der Waals surface area contributed by atoms with Crippen molar-refractivity contribution in [1.82, 2.24) is 4.57 Å². The number of hydrogen-bond acceptors (Lipinski definition) is 1. The van der Waals surface area contributed by atoms with Crippen LogP contribution in [-0.4, -0.2) is 16.4 Å². The van der Waals surface area contributed by atoms with Crippen molar-refractivity contribution in [3.8, 4) is 5.69 Å². The summed E-state index contributed by atoms with van der Waals surface area (Å²) in [5.74, 6) is -0.798. The van der Waals surface area contributed by atoms with Gasteiger partial charge in [-0.05, 0) is 30.3 Å². The topological polar surface area (TPSA) is 86.4 Å². The minimum atomic E-state index is -0.522. The van der Waals surface area contributed by atoms with E-state index in [-0.39, 0.29) is 18.4 Å². The van der Waals surface area contributed by atoms with E-state index in [1.807, 2.05) is 29.1 Å². The number of hydrogen-bond donors (Lipinski definition) is 2. The zero-order valence-corrected chi connectivity index (χ0v) is 11.4. The van der Waals surface area contributed by atoms with Crippen molar-refractivity contribution in [3.05, 3.63) is 53.3 Å². The van der Waals surface area contributed by atoms with Crippen LogP contribution in [0.3, 0.4) is 0 Å². The maximum atomic E-state index is 11.7. The normalized spacial score (nSPS) is 9.53. The van der Waals surface area contributed by atoms with Crippen molar-refractivity contribution >= 4 is 35.9 Å². The second-order valence-electron chi connectivity index (χ2n) is 3.63. The molecule has 0 aliphatic rings. The second-order valence-corrected chi connectivity index (χ2v) is 4.07. The first-order valence-corrected chi connectivity index (χ1v) is 5.52. The third-order valence-electron chi connectivity index (χ3n) is 2.26. The fourth-order valence-electron chi connectivity index (χ4n) is 1.54. The molecule has 19 heavy (non-hydrogen) atoms. The van der Waals surface area contributed by atoms with Gasteiger partial charge in [-0.25, -0.2) is 0 Å². The number of nitrogens with zero attached hydrogens (tertiary/aromatic N) is 2. The van der Waals surface area contributed by atoms with Crippen molar-refractivity contribution in [3.63, 3.8) is 0 Å². The van der Waals surface area contributed by atoms with Gasteiger partial charge in [0.05, 0.1) is 0 Å². The van der Waals surface area contributed by atoms with E-state index in [0.717, 1.165) is 5.69 Å². The fraction of sp³-hybridized carbons (Fsp3) is 0. The molecule has 0 saturated carbocycles. The maximum absolute atomic E-state index is 11.7. The van der Waals surface area contributed by atoms with E-state index in [9.17, 15) is 4.79 Å². The lowest BCUT2D eigenvalue weighted by Crippen LogP contribution is -2.24. The van der Waals surface area contributed by atoms with Crippen LogP contribution in [0, 0.1) is 0 Å². The van der Waals surface area contributed by atoms with Gasteiger partial charge < -0.3 is 16.0 Å². The highest BCUT2D eigenvalue weighted by Gasteiger charge is 2.08. The Morgan fingerprint density at radius 2 is 1.79 bits per heavy atom. The number of benzene rings is 1. The molecule has 7 heteroatoms. The average Bonchev–Trinajstić information content (AvgIpc) is 2.80. The highest BCUT2D eigenvalue weighted by molar-refractivity contribution is 6.31. The van der Waals surface area contributed by atoms with Gasteiger partial charge in [-0.1, -0.05) is 11.6 Å². The van der Waals surface area contributed by atoms with E-state index < -0.39 is 5.91 Å². The molecule has 0 fully saturated rings. The largest absolute Gasteiger partial charge is 0.370 e. The molecule has 0 atom stereocenters. The monoisotopic (exact) mass is 298 g/mol. The van der Waals surface area contributed by atoms with Gasteiger partial charge in [-0.2, -0.15) is 4.99 Å². The molecule has 0 aliphatic heterocycles. The van der Waals surface area contributed by atoms with Gasteiger partial charge in [0.2, 0.25) is 0 Å². The Hall–Kier alpha value is -1.98. The molecule has 1 aromatic carbocycles. The first-order chi connectivity index (χ1) is 8.56. The minimum Gasteiger partial charge on any atom is -0.370 e. The van der Waals surface area contributed by atoms with E-state index >= 15 is 0 Å². The van der Waals surface area contributed by atoms with Crippen LogP contribution in [0.4, 0.5) is 0 Å². The Labute approximate surface area is 121 Å². The molecule has 5 nitrogen and oxygen atoms in total. The summed E-state index contributed by atoms with van der Waals surface area (Å²) < 4.78 is 1.83. The number of nitrogens with two attached hydrogens (primary N) is 2. The molecule has 0 aliphatic carbocycles. The zero-order valence-electron chi connectivity index (χ0n) is 9.79. The van der Waals surface area contributed by atoms with Gasteiger partial charge in [0.1, 0.15) is 0 Å². The fourth-order valence-corrected chi connectivity index (χ4v) is 1.76. The molecule has 2 rings (SSSR count). The Bertz CT molecular complexity index is 604. The van der Waals surface area contributed by atoms with Gasteiger partial charge in [0, 0.05) is 28.7 Å². The summed E-state index contributed by atoms with van der Waals surface area (Å²) in [4.78, 5) is 15.2. The zero-order chi connectivity index (χ0) is 13.1. The van der Waals surface area contributed by atoms with Gasteiger partial charge in [0.25, 0.3) is 5.91 Å². The number of carbonyl (C=O) groups is 1. The van der Waals surface area contributed by atoms with Gasteiger partial charge >= 0.3 is 0 Å². The van der Waals surface area contributed by atoms with Crippen molar-refractivity contribution in [2.24, 2.45) is 16.5 Å². The summed E-state index contributed by atoms with van der Waals surface area (Å²) in [5, 5.41) is 0.440. The molecule has 2 aromatic rings. The predicted octanol–water partition coefficient (Wildman–Crippen LogP) is 1.97. The summed E-state index contributed by atoms with van der Waals surface area (Å²) >= 11 is 5.97. The molecule has 1 amide bonds. The Kier molecular flexibility index (Phi) is 4.97. The lowest BCUT2D eigenvalue weighted by atomic mass is 10.2. The van der Waals surface area contributed by atoms with Crippen LogP contribution in [0.15, 0.2) is 47.7 Å². The van der Waals surface area contributed by atoms with Crippen molar-refractivity contribution in [1.29, 1.82) is 0 Å². The van der Waals surface area contributed by atoms with Crippen LogP contribution in [0.25, 0.3) is 5.69 Å². The highest BCUT2D eigenvalue weighted by atomic mass is 35.5. The summed E-state index contributed by atoms with van der Waals surface area (Å²) in [6, 6.07) is 8.68. The van der Waals surface area contributed by atoms with Crippen LogP contribution in [0.5, 0.6) is 0 Å². The Morgan fingerprint density at radius 1 is 1.16 bits per heavy atom. The van der Waals surface area contributed by atoms with Gasteiger partial charge in [-0.15, -0.1) is 12.4 Å². The number of carbonyl (C=O) groups excluding carboxylic acids is 1. The number of aromatic nitrogens is 1. The van der Waals surface area contributed by atoms with E-state index in [1.54, 1.807) is 12.1 Å². The number of amides is 1. The van der Waals surface area contributed by atoms with E-state index in [1.165, 1.54) is 6.07 Å². The highest BCUT2D eigenvalue weighted by Crippen LogP contribution is 2.19. The molecule has 0 spiro atoms. The summed E-state index contributed by atoms with van der Waals surface area (Å²) in [6.45, 7) is 0. The summed E-state index contributed by atoms with van der Waals surface area (Å²) in [7, 11) is 0. The van der Waals surface area contributed by atoms with Crippen molar-refractivity contribution in [2.75, 3.05) is 0 Å². The summed E-state index contributed by atoms with van der Waals surface area (Å²) in [6.07, 6.45) is 3.70. The van der Waals surface area contributed by atoms with Crippen LogP contribution < -0.4 is 11.5 Å². The smallest absolute Gasteiger partial charge is 0.280 e. The van der Waals surface area contributed by atoms with Crippen LogP contribution in [0.1, 0.15) is 10.4 Å². The third kappa shape index (κ3) is 3.74. The molecule has 1 heterocycles. The van der Waals surface area contributed by atoms with Crippen molar-refractivity contribution in [2.45, 2.75) is 0 Å². The second kappa shape index (κ2) is 6.26. The Morgan fingerprint density at radius 3 is 2.37 bits per heavy atom. The molecule has 4 N–H and O–H groups in total. The first kappa shape index (κ1) is 15.1.